The van der Waals surface area contributed by atoms with E-state index < -0.39 is 17.3 Å². The van der Waals surface area contributed by atoms with E-state index in [1.807, 2.05) is 19.1 Å². The quantitative estimate of drug-likeness (QED) is 0.779. The van der Waals surface area contributed by atoms with Crippen molar-refractivity contribution in [1.29, 1.82) is 0 Å². The number of aryl methyl sites for hydroxylation is 1. The Bertz CT molecular complexity index is 405. The highest BCUT2D eigenvalue weighted by Crippen LogP contribution is 2.09. The largest absolute Gasteiger partial charge is 0.325 e. The number of rotatable bonds is 2. The number of amides is 3. The minimum atomic E-state index is -0.733. The molecule has 0 fully saturated rings. The molecule has 0 spiro atoms. The summed E-state index contributed by atoms with van der Waals surface area (Å²) in [5.74, 6) is -0.521. The molecule has 0 aromatic heterocycles. The van der Waals surface area contributed by atoms with Gasteiger partial charge in [0.05, 0.1) is 0 Å². The van der Waals surface area contributed by atoms with Crippen molar-refractivity contribution in [2.75, 3.05) is 5.32 Å². The maximum Gasteiger partial charge on any atom is 0.325 e. The smallest absolute Gasteiger partial charge is 0.308 e. The molecule has 0 bridgehead atoms. The zero-order valence-electron chi connectivity index (χ0n) is 9.08. The average Bonchev–Trinajstić information content (AvgIpc) is 2.16. The first kappa shape index (κ1) is 12.5. The normalized spacial score (nSPS) is 11.7. The van der Waals surface area contributed by atoms with E-state index in [9.17, 15) is 9.59 Å². The molecule has 0 radical (unpaired) electrons. The van der Waals surface area contributed by atoms with Gasteiger partial charge in [-0.1, -0.05) is 12.1 Å². The van der Waals surface area contributed by atoms with Crippen molar-refractivity contribution in [3.05, 3.63) is 29.8 Å². The van der Waals surface area contributed by atoms with Crippen LogP contribution in [0.5, 0.6) is 0 Å². The minimum Gasteiger partial charge on any atom is -0.308 e. The van der Waals surface area contributed by atoms with E-state index in [0.29, 0.717) is 5.69 Å². The molecule has 4 nitrogen and oxygen atoms in total. The average molecular weight is 241 g/mol. The highest BCUT2D eigenvalue weighted by atomic mass is 35.5. The topological polar surface area (TPSA) is 58.2 Å². The predicted octanol–water partition coefficient (Wildman–Crippen LogP) is 2.27. The van der Waals surface area contributed by atoms with Gasteiger partial charge in [-0.2, -0.15) is 0 Å². The Kier molecular flexibility index (Phi) is 4.31. The summed E-state index contributed by atoms with van der Waals surface area (Å²) in [7, 11) is 0. The first-order chi connectivity index (χ1) is 7.49. The lowest BCUT2D eigenvalue weighted by Gasteiger charge is -2.07. The summed E-state index contributed by atoms with van der Waals surface area (Å²) >= 11 is 5.51. The molecule has 5 heteroatoms. The number of carbonyl (C=O) groups is 2. The Labute approximate surface area is 99.0 Å². The molecule has 0 saturated heterocycles. The molecule has 0 aliphatic heterocycles. The maximum absolute atomic E-state index is 11.3. The first-order valence-corrected chi connectivity index (χ1v) is 5.25. The fourth-order valence-corrected chi connectivity index (χ4v) is 1.15. The van der Waals surface area contributed by atoms with Gasteiger partial charge < -0.3 is 5.32 Å². The molecule has 2 N–H and O–H groups in total. The van der Waals surface area contributed by atoms with Crippen LogP contribution in [0.25, 0.3) is 0 Å². The summed E-state index contributed by atoms with van der Waals surface area (Å²) in [6, 6.07) is 6.68. The number of urea groups is 1. The number of hydrogen-bond acceptors (Lipinski definition) is 2. The van der Waals surface area contributed by atoms with Crippen molar-refractivity contribution >= 4 is 29.2 Å². The van der Waals surface area contributed by atoms with Crippen LogP contribution in [0.1, 0.15) is 12.5 Å². The van der Waals surface area contributed by atoms with Crippen LogP contribution < -0.4 is 10.6 Å². The predicted molar refractivity (Wildman–Crippen MR) is 63.7 cm³/mol. The van der Waals surface area contributed by atoms with E-state index in [1.54, 1.807) is 12.1 Å². The van der Waals surface area contributed by atoms with Gasteiger partial charge in [-0.25, -0.2) is 4.79 Å². The molecule has 0 heterocycles. The summed E-state index contributed by atoms with van der Waals surface area (Å²) in [6.45, 7) is 3.41. The third-order valence-electron chi connectivity index (χ3n) is 1.87. The Morgan fingerprint density at radius 2 is 2.06 bits per heavy atom. The van der Waals surface area contributed by atoms with Gasteiger partial charge in [0.1, 0.15) is 5.38 Å². The van der Waals surface area contributed by atoms with Gasteiger partial charge in [-0.3, -0.25) is 10.1 Å². The number of alkyl halides is 1. The number of anilines is 1. The Balaban J connectivity index is 2.55. The second-order valence-electron chi connectivity index (χ2n) is 3.43. The monoisotopic (exact) mass is 240 g/mol. The number of nitrogens with one attached hydrogen (secondary N) is 2. The highest BCUT2D eigenvalue weighted by Gasteiger charge is 2.12. The van der Waals surface area contributed by atoms with Crippen molar-refractivity contribution < 1.29 is 9.59 Å². The molecule has 0 aliphatic rings. The Morgan fingerprint density at radius 3 is 2.62 bits per heavy atom. The fourth-order valence-electron chi connectivity index (χ4n) is 1.10. The van der Waals surface area contributed by atoms with E-state index in [4.69, 9.17) is 11.6 Å². The molecule has 16 heavy (non-hydrogen) atoms. The zero-order chi connectivity index (χ0) is 12.1. The second-order valence-corrected chi connectivity index (χ2v) is 4.08. The number of halogens is 1. The molecule has 1 unspecified atom stereocenters. The van der Waals surface area contributed by atoms with Gasteiger partial charge in [-0.15, -0.1) is 11.6 Å². The summed E-state index contributed by atoms with van der Waals surface area (Å²) in [4.78, 5) is 22.4. The van der Waals surface area contributed by atoms with E-state index >= 15 is 0 Å². The fraction of sp³-hybridized carbons (Fsp3) is 0.273. The third kappa shape index (κ3) is 3.90. The van der Waals surface area contributed by atoms with Gasteiger partial charge in [0.25, 0.3) is 0 Å². The standard InChI is InChI=1S/C11H13ClN2O2/c1-7-4-3-5-9(6-7)13-11(16)14-10(15)8(2)12/h3-6,8H,1-2H3,(H2,13,14,15,16). The first-order valence-electron chi connectivity index (χ1n) is 4.81. The molecule has 1 aromatic carbocycles. The van der Waals surface area contributed by atoms with Crippen LogP contribution in [-0.4, -0.2) is 17.3 Å². The van der Waals surface area contributed by atoms with Crippen molar-refractivity contribution in [2.24, 2.45) is 0 Å². The van der Waals surface area contributed by atoms with Gasteiger partial charge in [0.2, 0.25) is 5.91 Å². The third-order valence-corrected chi connectivity index (χ3v) is 2.07. The number of carbonyl (C=O) groups excluding carboxylic acids is 2. The maximum atomic E-state index is 11.3. The van der Waals surface area contributed by atoms with E-state index in [1.165, 1.54) is 6.92 Å². The molecular weight excluding hydrogens is 228 g/mol. The van der Waals surface area contributed by atoms with E-state index in [-0.39, 0.29) is 0 Å². The van der Waals surface area contributed by atoms with Crippen molar-refractivity contribution in [2.45, 2.75) is 19.2 Å². The van der Waals surface area contributed by atoms with Gasteiger partial charge in [0.15, 0.2) is 0 Å². The SMILES string of the molecule is Cc1cccc(NC(=O)NC(=O)C(C)Cl)c1. The van der Waals surface area contributed by atoms with Crippen LogP contribution in [0.3, 0.4) is 0 Å². The summed E-state index contributed by atoms with van der Waals surface area (Å²) < 4.78 is 0. The van der Waals surface area contributed by atoms with Crippen LogP contribution in [0.4, 0.5) is 10.5 Å². The number of imide groups is 1. The molecule has 1 aromatic rings. The number of benzene rings is 1. The summed E-state index contributed by atoms with van der Waals surface area (Å²) in [5, 5.41) is 3.93. The summed E-state index contributed by atoms with van der Waals surface area (Å²) in [6.07, 6.45) is 0. The molecule has 3 amide bonds. The second kappa shape index (κ2) is 5.51. The highest BCUT2D eigenvalue weighted by molar-refractivity contribution is 6.31. The van der Waals surface area contributed by atoms with Crippen LogP contribution in [-0.2, 0) is 4.79 Å². The molecule has 1 atom stereocenters. The summed E-state index contributed by atoms with van der Waals surface area (Å²) in [5.41, 5.74) is 1.65. The minimum absolute atomic E-state index is 0.521. The molecule has 1 rings (SSSR count). The van der Waals surface area contributed by atoms with Gasteiger partial charge >= 0.3 is 6.03 Å². The van der Waals surface area contributed by atoms with Crippen LogP contribution >= 0.6 is 11.6 Å². The lowest BCUT2D eigenvalue weighted by atomic mass is 10.2. The van der Waals surface area contributed by atoms with E-state index in [2.05, 4.69) is 10.6 Å². The molecule has 86 valence electrons. The van der Waals surface area contributed by atoms with Crippen LogP contribution in [0.15, 0.2) is 24.3 Å². The number of hydrogen-bond donors (Lipinski definition) is 2. The lowest BCUT2D eigenvalue weighted by Crippen LogP contribution is -2.38. The van der Waals surface area contributed by atoms with Crippen molar-refractivity contribution in [3.8, 4) is 0 Å². The van der Waals surface area contributed by atoms with Crippen molar-refractivity contribution in [3.63, 3.8) is 0 Å². The van der Waals surface area contributed by atoms with Crippen molar-refractivity contribution in [1.82, 2.24) is 5.32 Å². The van der Waals surface area contributed by atoms with Crippen LogP contribution in [0, 0.1) is 6.92 Å². The Hall–Kier alpha value is -1.55. The molecular formula is C11H13ClN2O2. The Morgan fingerprint density at radius 1 is 1.38 bits per heavy atom. The molecule has 0 aliphatic carbocycles. The van der Waals surface area contributed by atoms with Crippen LogP contribution in [0.2, 0.25) is 0 Å². The van der Waals surface area contributed by atoms with Gasteiger partial charge in [-0.05, 0) is 31.5 Å². The molecule has 0 saturated carbocycles. The van der Waals surface area contributed by atoms with Gasteiger partial charge in [0, 0.05) is 5.69 Å². The zero-order valence-corrected chi connectivity index (χ0v) is 9.84. The van der Waals surface area contributed by atoms with E-state index in [0.717, 1.165) is 5.56 Å². The lowest BCUT2D eigenvalue weighted by molar-refractivity contribution is -0.119.